The molecule has 3 nitrogen and oxygen atoms in total. The summed E-state index contributed by atoms with van der Waals surface area (Å²) in [4.78, 5) is 15.0. The van der Waals surface area contributed by atoms with Crippen molar-refractivity contribution in [3.8, 4) is 0 Å². The maximum Gasteiger partial charge on any atom is 0.257 e. The molecule has 0 atom stereocenters. The number of anilines is 1. The summed E-state index contributed by atoms with van der Waals surface area (Å²) < 4.78 is 0.336. The molecule has 1 fully saturated rings. The lowest BCUT2D eigenvalue weighted by atomic mass is 10.1. The molecule has 20 heavy (non-hydrogen) atoms. The Kier molecular flexibility index (Phi) is 3.74. The van der Waals surface area contributed by atoms with Gasteiger partial charge in [0.15, 0.2) is 0 Å². The lowest BCUT2D eigenvalue weighted by Crippen LogP contribution is -2.30. The number of nitrogens with one attached hydrogen (secondary N) is 2. The molecular formula is C16H20N2OS. The Bertz CT molecular complexity index is 659. The van der Waals surface area contributed by atoms with E-state index >= 15 is 0 Å². The van der Waals surface area contributed by atoms with Crippen LogP contribution in [-0.2, 0) is 0 Å². The zero-order chi connectivity index (χ0) is 14.0. The summed E-state index contributed by atoms with van der Waals surface area (Å²) in [5.74, 6) is 0.828. The molecular weight excluding hydrogens is 268 g/mol. The quantitative estimate of drug-likeness (QED) is 0.903. The molecule has 4 heteroatoms. The zero-order valence-electron chi connectivity index (χ0n) is 11.7. The summed E-state index contributed by atoms with van der Waals surface area (Å²) in [5.41, 5.74) is -0.0183. The lowest BCUT2D eigenvalue weighted by Gasteiger charge is -2.27. The van der Waals surface area contributed by atoms with Gasteiger partial charge in [0.1, 0.15) is 5.82 Å². The average Bonchev–Trinajstić information content (AvgIpc) is 2.95. The topological polar surface area (TPSA) is 44.9 Å². The summed E-state index contributed by atoms with van der Waals surface area (Å²) in [5, 5.41) is 5.17. The minimum atomic E-state index is -0.0183. The van der Waals surface area contributed by atoms with Crippen LogP contribution in [0.5, 0.6) is 0 Å². The van der Waals surface area contributed by atoms with Gasteiger partial charge in [0.05, 0.1) is 0 Å². The summed E-state index contributed by atoms with van der Waals surface area (Å²) >= 11 is 1.95. The maximum atomic E-state index is 12.0. The fourth-order valence-electron chi connectivity index (χ4n) is 3.03. The minimum absolute atomic E-state index is 0.0183. The van der Waals surface area contributed by atoms with Gasteiger partial charge < -0.3 is 10.3 Å². The van der Waals surface area contributed by atoms with E-state index in [2.05, 4.69) is 16.6 Å². The molecule has 1 aromatic carbocycles. The number of thioether (sulfide) groups is 1. The van der Waals surface area contributed by atoms with Crippen molar-refractivity contribution in [2.75, 3.05) is 18.1 Å². The average molecular weight is 288 g/mol. The van der Waals surface area contributed by atoms with Crippen molar-refractivity contribution in [2.24, 2.45) is 0 Å². The standard InChI is InChI=1S/C16H20N2OS/c1-20-16(8-4-5-9-16)11-17-14-10-12-6-2-3-7-13(12)15(19)18-14/h2-3,6-7,10H,4-5,8-9,11H2,1H3,(H2,17,18,19). The van der Waals surface area contributed by atoms with E-state index < -0.39 is 0 Å². The van der Waals surface area contributed by atoms with Crippen molar-refractivity contribution in [1.29, 1.82) is 0 Å². The van der Waals surface area contributed by atoms with Gasteiger partial charge in [-0.3, -0.25) is 4.79 Å². The van der Waals surface area contributed by atoms with Gasteiger partial charge in [-0.05, 0) is 36.6 Å². The normalized spacial score (nSPS) is 17.4. The highest BCUT2D eigenvalue weighted by Crippen LogP contribution is 2.40. The largest absolute Gasteiger partial charge is 0.370 e. The summed E-state index contributed by atoms with van der Waals surface area (Å²) in [6.07, 6.45) is 7.35. The van der Waals surface area contributed by atoms with Crippen LogP contribution >= 0.6 is 11.8 Å². The van der Waals surface area contributed by atoms with Gasteiger partial charge in [0.25, 0.3) is 5.56 Å². The lowest BCUT2D eigenvalue weighted by molar-refractivity contribution is 0.638. The predicted molar refractivity (Wildman–Crippen MR) is 87.8 cm³/mol. The Labute approximate surface area is 123 Å². The van der Waals surface area contributed by atoms with Crippen molar-refractivity contribution in [3.05, 3.63) is 40.7 Å². The minimum Gasteiger partial charge on any atom is -0.370 e. The van der Waals surface area contributed by atoms with Crippen LogP contribution in [0.15, 0.2) is 35.1 Å². The molecule has 0 amide bonds. The van der Waals surface area contributed by atoms with Gasteiger partial charge in [-0.25, -0.2) is 0 Å². The van der Waals surface area contributed by atoms with Crippen LogP contribution < -0.4 is 10.9 Å². The number of hydrogen-bond donors (Lipinski definition) is 2. The summed E-state index contributed by atoms with van der Waals surface area (Å²) in [7, 11) is 0. The van der Waals surface area contributed by atoms with Crippen molar-refractivity contribution in [3.63, 3.8) is 0 Å². The van der Waals surface area contributed by atoms with Crippen LogP contribution in [0.25, 0.3) is 10.8 Å². The fraction of sp³-hybridized carbons (Fsp3) is 0.438. The smallest absolute Gasteiger partial charge is 0.257 e. The molecule has 2 N–H and O–H groups in total. The second-order valence-electron chi connectivity index (χ2n) is 5.55. The van der Waals surface area contributed by atoms with Crippen LogP contribution in [0.3, 0.4) is 0 Å². The highest BCUT2D eigenvalue weighted by molar-refractivity contribution is 8.00. The highest BCUT2D eigenvalue weighted by atomic mass is 32.2. The number of aromatic nitrogens is 1. The van der Waals surface area contributed by atoms with Gasteiger partial charge in [0.2, 0.25) is 0 Å². The third kappa shape index (κ3) is 2.57. The van der Waals surface area contributed by atoms with E-state index in [1.54, 1.807) is 0 Å². The number of pyridine rings is 1. The van der Waals surface area contributed by atoms with Crippen LogP contribution in [-0.4, -0.2) is 22.5 Å². The predicted octanol–water partition coefficient (Wildman–Crippen LogP) is 3.62. The van der Waals surface area contributed by atoms with Crippen LogP contribution in [0.2, 0.25) is 0 Å². The Morgan fingerprint density at radius 2 is 2.05 bits per heavy atom. The summed E-state index contributed by atoms with van der Waals surface area (Å²) in [6.45, 7) is 0.919. The van der Waals surface area contributed by atoms with Crippen LogP contribution in [0.1, 0.15) is 25.7 Å². The molecule has 1 aliphatic rings. The van der Waals surface area contributed by atoms with E-state index in [0.717, 1.165) is 23.1 Å². The van der Waals surface area contributed by atoms with E-state index in [1.165, 1.54) is 25.7 Å². The van der Waals surface area contributed by atoms with Crippen molar-refractivity contribution >= 4 is 28.4 Å². The van der Waals surface area contributed by atoms with Gasteiger partial charge in [-0.2, -0.15) is 11.8 Å². The van der Waals surface area contributed by atoms with Crippen molar-refractivity contribution in [1.82, 2.24) is 4.98 Å². The molecule has 0 saturated heterocycles. The monoisotopic (exact) mass is 288 g/mol. The highest BCUT2D eigenvalue weighted by Gasteiger charge is 2.32. The molecule has 0 aliphatic heterocycles. The van der Waals surface area contributed by atoms with E-state index in [1.807, 2.05) is 42.1 Å². The SMILES string of the molecule is CSC1(CNc2cc3ccccc3c(=O)[nH]2)CCCC1. The molecule has 0 unspecified atom stereocenters. The number of fused-ring (bicyclic) bond motifs is 1. The molecule has 1 heterocycles. The first-order chi connectivity index (χ1) is 9.72. The maximum absolute atomic E-state index is 12.0. The van der Waals surface area contributed by atoms with E-state index in [-0.39, 0.29) is 5.56 Å². The number of aromatic amines is 1. The molecule has 1 aliphatic carbocycles. The Morgan fingerprint density at radius 3 is 2.80 bits per heavy atom. The van der Waals surface area contributed by atoms with Crippen LogP contribution in [0, 0.1) is 0 Å². The molecule has 2 aromatic rings. The molecule has 1 aromatic heterocycles. The van der Waals surface area contributed by atoms with E-state index in [4.69, 9.17) is 0 Å². The first kappa shape index (κ1) is 13.6. The van der Waals surface area contributed by atoms with Crippen molar-refractivity contribution < 1.29 is 0 Å². The second kappa shape index (κ2) is 5.52. The molecule has 0 radical (unpaired) electrons. The van der Waals surface area contributed by atoms with Crippen molar-refractivity contribution in [2.45, 2.75) is 30.4 Å². The molecule has 0 bridgehead atoms. The third-order valence-electron chi connectivity index (χ3n) is 4.30. The fourth-order valence-corrected chi connectivity index (χ4v) is 3.95. The molecule has 3 rings (SSSR count). The van der Waals surface area contributed by atoms with Gasteiger partial charge in [-0.15, -0.1) is 0 Å². The first-order valence-electron chi connectivity index (χ1n) is 7.14. The van der Waals surface area contributed by atoms with E-state index in [9.17, 15) is 4.79 Å². The Hall–Kier alpha value is -1.42. The van der Waals surface area contributed by atoms with E-state index in [0.29, 0.717) is 4.75 Å². The van der Waals surface area contributed by atoms with Gasteiger partial charge >= 0.3 is 0 Å². The number of rotatable bonds is 4. The second-order valence-corrected chi connectivity index (χ2v) is 6.82. The zero-order valence-corrected chi connectivity index (χ0v) is 12.6. The van der Waals surface area contributed by atoms with Gasteiger partial charge in [0, 0.05) is 16.7 Å². The van der Waals surface area contributed by atoms with Crippen LogP contribution in [0.4, 0.5) is 5.82 Å². The first-order valence-corrected chi connectivity index (χ1v) is 8.36. The summed E-state index contributed by atoms with van der Waals surface area (Å²) in [6, 6.07) is 9.73. The molecule has 0 spiro atoms. The Balaban J connectivity index is 1.83. The third-order valence-corrected chi connectivity index (χ3v) is 5.72. The number of benzene rings is 1. The number of H-pyrrole nitrogens is 1. The molecule has 106 valence electrons. The number of hydrogen-bond acceptors (Lipinski definition) is 3. The van der Waals surface area contributed by atoms with Gasteiger partial charge in [-0.1, -0.05) is 31.0 Å². The molecule has 1 saturated carbocycles. The Morgan fingerprint density at radius 1 is 1.30 bits per heavy atom.